The zero-order chi connectivity index (χ0) is 36.0. The van der Waals surface area contributed by atoms with Crippen LogP contribution in [0, 0.1) is 46.3 Å². The number of nitriles is 1. The largest absolute Gasteiger partial charge is 0.472 e. The summed E-state index contributed by atoms with van der Waals surface area (Å²) in [5.74, 6) is -11.4. The molecule has 1 spiro atoms. The molecule has 0 unspecified atom stereocenters. The van der Waals surface area contributed by atoms with Gasteiger partial charge in [-0.05, 0) is 54.1 Å². The first-order valence-corrected chi connectivity index (χ1v) is 15.7. The van der Waals surface area contributed by atoms with E-state index >= 15 is 4.39 Å². The van der Waals surface area contributed by atoms with Crippen molar-refractivity contribution in [1.82, 2.24) is 20.1 Å². The molecule has 4 amide bonds. The number of anilines is 1. The van der Waals surface area contributed by atoms with Crippen LogP contribution in [0.15, 0.2) is 18.3 Å². The van der Waals surface area contributed by atoms with E-state index in [9.17, 15) is 50.8 Å². The van der Waals surface area contributed by atoms with Crippen molar-refractivity contribution in [3.05, 3.63) is 18.3 Å². The minimum atomic E-state index is -6.02. The summed E-state index contributed by atoms with van der Waals surface area (Å²) in [7, 11) is 0. The number of likely N-dealkylation sites (tertiary alicyclic amines) is 2. The molecule has 18 heteroatoms. The minimum absolute atomic E-state index is 0.122. The van der Waals surface area contributed by atoms with Crippen LogP contribution in [0.3, 0.4) is 0 Å². The molecule has 5 aliphatic rings. The number of hydrogen-bond acceptors (Lipinski definition) is 7. The van der Waals surface area contributed by atoms with Crippen molar-refractivity contribution in [3.63, 3.8) is 0 Å². The summed E-state index contributed by atoms with van der Waals surface area (Å²) in [6.07, 6.45) is -11.7. The molecule has 3 aliphatic heterocycles. The van der Waals surface area contributed by atoms with Gasteiger partial charge in [-0.3, -0.25) is 19.2 Å². The summed E-state index contributed by atoms with van der Waals surface area (Å²) in [4.78, 5) is 60.9. The SMILES string of the molecule is CC(C)(C)[C@H](NC(=O)C(C(F)(F)F)C(F)(F)F)C(=O)N1C[C@@H]2[C@H]3C[C@@H]([C@@H]2[C@H]1C(=O)N1C[C@@]2(C[C@H]1C#N)Oc1cccnc1NC2=O)[C@H](F)C3. The molecule has 0 radical (unpaired) electrons. The van der Waals surface area contributed by atoms with Crippen molar-refractivity contribution in [1.29, 1.82) is 5.26 Å². The molecule has 11 nitrogen and oxygen atoms in total. The molecule has 2 aliphatic carbocycles. The second-order valence-corrected chi connectivity index (χ2v) is 14.6. The van der Waals surface area contributed by atoms with E-state index < -0.39 is 102 Å². The predicted octanol–water partition coefficient (Wildman–Crippen LogP) is 3.37. The highest BCUT2D eigenvalue weighted by Crippen LogP contribution is 2.59. The van der Waals surface area contributed by atoms with E-state index in [1.807, 2.05) is 6.07 Å². The van der Waals surface area contributed by atoms with Crippen LogP contribution in [-0.4, -0.2) is 93.8 Å². The van der Waals surface area contributed by atoms with Crippen LogP contribution in [-0.2, 0) is 19.2 Å². The Labute approximate surface area is 275 Å². The molecule has 4 heterocycles. The van der Waals surface area contributed by atoms with Gasteiger partial charge in [-0.1, -0.05) is 20.8 Å². The lowest BCUT2D eigenvalue weighted by molar-refractivity contribution is -0.274. The van der Waals surface area contributed by atoms with Gasteiger partial charge in [0.1, 0.15) is 24.3 Å². The average molecular weight is 703 g/mol. The Morgan fingerprint density at radius 1 is 1.10 bits per heavy atom. The molecule has 2 saturated carbocycles. The molecule has 1 aromatic heterocycles. The fraction of sp³-hybridized carbons (Fsp3) is 0.677. The molecule has 266 valence electrons. The molecule has 49 heavy (non-hydrogen) atoms. The molecule has 9 atom stereocenters. The summed E-state index contributed by atoms with van der Waals surface area (Å²) < 4.78 is 102. The van der Waals surface area contributed by atoms with E-state index in [4.69, 9.17) is 4.74 Å². The van der Waals surface area contributed by atoms with Crippen LogP contribution in [0.25, 0.3) is 0 Å². The Kier molecular flexibility index (Phi) is 8.10. The normalized spacial score (nSPS) is 32.8. The fourth-order valence-electron chi connectivity index (χ4n) is 8.45. The first-order chi connectivity index (χ1) is 22.7. The maximum atomic E-state index is 15.2. The molecule has 4 fully saturated rings. The standard InChI is InChI=1S/C31H33F7N6O5/c1-28(2,3)22(41-24(45)21(30(33,34)35)31(36,37)38)26(47)43-11-16-13-7-15(17(32)8-13)19(16)20(43)25(46)44-12-29(9-14(44)10-39)27(48)42-23-18(49-29)5-4-6-40-23/h4-6,13-17,19-22H,7-9,11-12H2,1-3H3,(H,41,45)(H,40,42,48)/t13-,14-,15+,16+,17+,19-,20-,22+,29+/m0/s1. The van der Waals surface area contributed by atoms with Gasteiger partial charge in [0.15, 0.2) is 11.6 Å². The van der Waals surface area contributed by atoms with Gasteiger partial charge >= 0.3 is 12.4 Å². The molecular weight excluding hydrogens is 669 g/mol. The summed E-state index contributed by atoms with van der Waals surface area (Å²) >= 11 is 0. The third kappa shape index (κ3) is 5.72. The fourth-order valence-corrected chi connectivity index (χ4v) is 8.45. The van der Waals surface area contributed by atoms with Crippen LogP contribution in [0.5, 0.6) is 5.75 Å². The number of halogens is 7. The lowest BCUT2D eigenvalue weighted by atomic mass is 9.77. The van der Waals surface area contributed by atoms with E-state index in [0.717, 1.165) is 9.80 Å². The van der Waals surface area contributed by atoms with Crippen molar-refractivity contribution in [3.8, 4) is 11.8 Å². The van der Waals surface area contributed by atoms with Gasteiger partial charge in [0.25, 0.3) is 5.91 Å². The monoisotopic (exact) mass is 702 g/mol. The predicted molar refractivity (Wildman–Crippen MR) is 153 cm³/mol. The van der Waals surface area contributed by atoms with Crippen LogP contribution < -0.4 is 15.4 Å². The van der Waals surface area contributed by atoms with Crippen LogP contribution in [0.1, 0.15) is 40.0 Å². The number of nitrogens with one attached hydrogen (secondary N) is 2. The second kappa shape index (κ2) is 11.4. The number of pyridine rings is 1. The van der Waals surface area contributed by atoms with Gasteiger partial charge in [0.05, 0.1) is 12.6 Å². The quantitative estimate of drug-likeness (QED) is 0.458. The molecule has 2 N–H and O–H groups in total. The number of amides is 4. The number of fused-ring (bicyclic) bond motifs is 6. The number of rotatable bonds is 4. The van der Waals surface area contributed by atoms with E-state index in [1.165, 1.54) is 33.0 Å². The molecule has 6 rings (SSSR count). The summed E-state index contributed by atoms with van der Waals surface area (Å²) in [5, 5.41) is 14.4. The second-order valence-electron chi connectivity index (χ2n) is 14.6. The number of hydrogen-bond donors (Lipinski definition) is 2. The lowest BCUT2D eigenvalue weighted by Gasteiger charge is -2.39. The van der Waals surface area contributed by atoms with Crippen molar-refractivity contribution < 1.29 is 54.6 Å². The van der Waals surface area contributed by atoms with Crippen molar-refractivity contribution in [2.75, 3.05) is 18.4 Å². The van der Waals surface area contributed by atoms with Crippen molar-refractivity contribution in [2.24, 2.45) is 35.0 Å². The number of ether oxygens (including phenoxy) is 1. The first-order valence-electron chi connectivity index (χ1n) is 15.7. The van der Waals surface area contributed by atoms with Gasteiger partial charge in [0.2, 0.25) is 29.2 Å². The zero-order valence-corrected chi connectivity index (χ0v) is 26.4. The van der Waals surface area contributed by atoms with Crippen LogP contribution >= 0.6 is 0 Å². The highest BCUT2D eigenvalue weighted by Gasteiger charge is 2.66. The Bertz CT molecular complexity index is 1590. The topological polar surface area (TPSA) is 145 Å². The number of alkyl halides is 7. The van der Waals surface area contributed by atoms with E-state index in [2.05, 4.69) is 10.3 Å². The number of aromatic nitrogens is 1. The molecule has 2 bridgehead atoms. The van der Waals surface area contributed by atoms with E-state index in [0.29, 0.717) is 6.42 Å². The smallest absolute Gasteiger partial charge is 0.409 e. The highest BCUT2D eigenvalue weighted by atomic mass is 19.4. The van der Waals surface area contributed by atoms with Gasteiger partial charge in [0, 0.05) is 19.2 Å². The van der Waals surface area contributed by atoms with Gasteiger partial charge in [-0.2, -0.15) is 31.6 Å². The maximum Gasteiger partial charge on any atom is 0.409 e. The van der Waals surface area contributed by atoms with Crippen molar-refractivity contribution in [2.45, 2.75) is 82.3 Å². The third-order valence-corrected chi connectivity index (χ3v) is 10.6. The van der Waals surface area contributed by atoms with E-state index in [-0.39, 0.29) is 36.9 Å². The lowest BCUT2D eigenvalue weighted by Crippen LogP contribution is -2.62. The van der Waals surface area contributed by atoms with E-state index in [1.54, 1.807) is 11.4 Å². The van der Waals surface area contributed by atoms with Crippen LogP contribution in [0.4, 0.5) is 36.6 Å². The molecule has 1 aromatic rings. The minimum Gasteiger partial charge on any atom is -0.472 e. The summed E-state index contributed by atoms with van der Waals surface area (Å²) in [5.41, 5.74) is -3.19. The Morgan fingerprint density at radius 2 is 1.78 bits per heavy atom. The highest BCUT2D eigenvalue weighted by molar-refractivity contribution is 6.01. The zero-order valence-electron chi connectivity index (χ0n) is 26.4. The Balaban J connectivity index is 1.34. The summed E-state index contributed by atoms with van der Waals surface area (Å²) in [6.45, 7) is 3.34. The third-order valence-electron chi connectivity index (χ3n) is 10.6. The van der Waals surface area contributed by atoms with Gasteiger partial charge in [-0.25, -0.2) is 9.37 Å². The van der Waals surface area contributed by atoms with Gasteiger partial charge < -0.3 is 25.2 Å². The Hall–Kier alpha value is -4.17. The maximum absolute atomic E-state index is 15.2. The first kappa shape index (κ1) is 34.7. The van der Waals surface area contributed by atoms with Crippen LogP contribution in [0.2, 0.25) is 0 Å². The molecule has 0 aromatic carbocycles. The number of carbonyl (C=O) groups excluding carboxylic acids is 4. The molecule has 2 saturated heterocycles. The number of carbonyl (C=O) groups is 4. The Morgan fingerprint density at radius 3 is 2.39 bits per heavy atom. The van der Waals surface area contributed by atoms with Gasteiger partial charge in [-0.15, -0.1) is 0 Å². The summed E-state index contributed by atoms with van der Waals surface area (Å²) in [6, 6.07) is 0.338. The number of nitrogens with zero attached hydrogens (tertiary/aromatic N) is 4. The van der Waals surface area contributed by atoms with Crippen molar-refractivity contribution >= 4 is 29.4 Å². The molecular formula is C31H33F7N6O5. The average Bonchev–Trinajstić information content (AvgIpc) is 3.73.